The minimum absolute atomic E-state index is 0. The largest absolute Gasteiger partial charge is 1.00 e. The van der Waals surface area contributed by atoms with Crippen LogP contribution < -0.4 is 29.6 Å². The molecule has 0 fully saturated rings. The number of pyridine rings is 1. The molecule has 184 valence electrons. The summed E-state index contributed by atoms with van der Waals surface area (Å²) in [7, 11) is -2.89. The smallest absolute Gasteiger partial charge is 0.571 e. The third-order valence-electron chi connectivity index (χ3n) is 5.68. The molecule has 0 radical (unpaired) electrons. The number of alkyl halides is 3. The first-order valence-corrected chi connectivity index (χ1v) is 12.9. The van der Waals surface area contributed by atoms with E-state index >= 15 is 0 Å². The third kappa shape index (κ3) is 5.46. The van der Waals surface area contributed by atoms with Gasteiger partial charge in [-0.1, -0.05) is 24.3 Å². The summed E-state index contributed by atoms with van der Waals surface area (Å²) < 4.78 is 69.0. The summed E-state index contributed by atoms with van der Waals surface area (Å²) in [4.78, 5) is 18.6. The summed E-state index contributed by atoms with van der Waals surface area (Å²) in [5, 5.41) is 0. The van der Waals surface area contributed by atoms with E-state index in [1.54, 1.807) is 18.0 Å². The Morgan fingerprint density at radius 3 is 2.41 bits per heavy atom. The summed E-state index contributed by atoms with van der Waals surface area (Å²) >= 11 is 1.44. The molecular weight excluding hydrogens is 534 g/mol. The molecule has 0 N–H and O–H groups in total. The molecule has 5 rings (SSSR count). The van der Waals surface area contributed by atoms with Gasteiger partial charge in [-0.15, -0.1) is 17.0 Å². The zero-order valence-corrected chi connectivity index (χ0v) is 23.3. The Hall–Kier alpha value is -2.70. The molecule has 1 aliphatic rings. The minimum Gasteiger partial charge on any atom is -0.571 e. The average molecular weight is 552 g/mol. The van der Waals surface area contributed by atoms with Crippen LogP contribution in [0.2, 0.25) is 0 Å². The number of halogens is 3. The van der Waals surface area contributed by atoms with Crippen molar-refractivity contribution in [3.63, 3.8) is 0 Å². The van der Waals surface area contributed by atoms with Crippen molar-refractivity contribution in [2.75, 3.05) is 7.05 Å². The Balaban J connectivity index is 0.00000320. The van der Waals surface area contributed by atoms with E-state index in [0.29, 0.717) is 23.7 Å². The van der Waals surface area contributed by atoms with Gasteiger partial charge in [0.05, 0.1) is 10.5 Å². The van der Waals surface area contributed by atoms with Crippen LogP contribution in [0, 0.1) is 0 Å². The van der Waals surface area contributed by atoms with Crippen LogP contribution in [0.15, 0.2) is 78.0 Å². The van der Waals surface area contributed by atoms with Crippen LogP contribution in [0.25, 0.3) is 25.6 Å². The number of fused-ring (bicyclic) bond motifs is 1. The predicted molar refractivity (Wildman–Crippen MR) is 130 cm³/mol. The number of nitrogens with zero attached hydrogens (tertiary/aromatic N) is 3. The summed E-state index contributed by atoms with van der Waals surface area (Å²) in [6, 6.07) is 14.8. The predicted octanol–water partition coefficient (Wildman–Crippen LogP) is 3.48. The summed E-state index contributed by atoms with van der Waals surface area (Å²) in [5.74, 6) is -0.0112. The molecule has 0 unspecified atom stereocenters. The van der Waals surface area contributed by atoms with Gasteiger partial charge in [0.1, 0.15) is 10.0 Å². The molecule has 2 aromatic heterocycles. The monoisotopic (exact) mass is 551 g/mol. The van der Waals surface area contributed by atoms with Gasteiger partial charge in [0.25, 0.3) is 5.91 Å². The van der Waals surface area contributed by atoms with Crippen LogP contribution in [-0.4, -0.2) is 31.3 Å². The number of carbonyl (C=O) groups excluding carboxylic acids is 1. The van der Waals surface area contributed by atoms with E-state index in [4.69, 9.17) is 0 Å². The molecule has 0 bridgehead atoms. The first-order chi connectivity index (χ1) is 17.0. The molecule has 0 saturated heterocycles. The quantitative estimate of drug-likeness (QED) is 0.356. The summed E-state index contributed by atoms with van der Waals surface area (Å²) in [6.45, 7) is 0.541. The van der Waals surface area contributed by atoms with Crippen molar-refractivity contribution in [2.24, 2.45) is 0 Å². The molecule has 3 heterocycles. The second-order valence-electron chi connectivity index (χ2n) is 8.19. The SMILES string of the molecule is CN1Cc2cc(-c3ccc(-c4cncc([N-]S(=O)(=O)c5ccccc5C(F)(F)F)c4)s3)ccc2C1=O.[Na+]. The summed E-state index contributed by atoms with van der Waals surface area (Å²) in [6.07, 6.45) is -2.13. The molecule has 12 heteroatoms. The maximum absolute atomic E-state index is 13.3. The fourth-order valence-electron chi connectivity index (χ4n) is 3.99. The first kappa shape index (κ1) is 27.3. The topological polar surface area (TPSA) is 81.4 Å². The van der Waals surface area contributed by atoms with Crippen LogP contribution in [-0.2, 0) is 22.7 Å². The van der Waals surface area contributed by atoms with Crippen molar-refractivity contribution >= 4 is 33.0 Å². The zero-order chi connectivity index (χ0) is 25.7. The molecular formula is C25H17F3N3NaO3S2. The molecule has 6 nitrogen and oxygen atoms in total. The molecule has 2 aromatic carbocycles. The van der Waals surface area contributed by atoms with Crippen LogP contribution in [0.4, 0.5) is 18.9 Å². The molecule has 0 saturated carbocycles. The number of hydrogen-bond donors (Lipinski definition) is 0. The second kappa shape index (κ2) is 10.2. The van der Waals surface area contributed by atoms with E-state index in [1.165, 1.54) is 35.9 Å². The number of aromatic nitrogens is 1. The number of thiophene rings is 1. The van der Waals surface area contributed by atoms with Gasteiger partial charge in [-0.05, 0) is 47.5 Å². The van der Waals surface area contributed by atoms with Gasteiger partial charge < -0.3 is 9.62 Å². The molecule has 37 heavy (non-hydrogen) atoms. The Kier molecular flexibility index (Phi) is 7.55. The Morgan fingerprint density at radius 1 is 0.973 bits per heavy atom. The number of sulfonamides is 1. The van der Waals surface area contributed by atoms with E-state index in [0.717, 1.165) is 33.0 Å². The number of benzene rings is 2. The van der Waals surface area contributed by atoms with Crippen LogP contribution in [0.1, 0.15) is 21.5 Å². The maximum atomic E-state index is 13.3. The van der Waals surface area contributed by atoms with Gasteiger partial charge in [0.2, 0.25) is 0 Å². The van der Waals surface area contributed by atoms with Crippen molar-refractivity contribution in [2.45, 2.75) is 17.6 Å². The van der Waals surface area contributed by atoms with Crippen molar-refractivity contribution in [1.82, 2.24) is 9.88 Å². The van der Waals surface area contributed by atoms with Gasteiger partial charge >= 0.3 is 35.7 Å². The normalized spacial score (nSPS) is 13.3. The van der Waals surface area contributed by atoms with Crippen molar-refractivity contribution in [3.05, 3.63) is 94.5 Å². The minimum atomic E-state index is -4.84. The first-order valence-electron chi connectivity index (χ1n) is 10.6. The number of hydrogen-bond acceptors (Lipinski definition) is 5. The van der Waals surface area contributed by atoms with E-state index in [2.05, 4.69) is 9.71 Å². The van der Waals surface area contributed by atoms with E-state index in [1.807, 2.05) is 24.3 Å². The Morgan fingerprint density at radius 2 is 1.68 bits per heavy atom. The number of amides is 1. The summed E-state index contributed by atoms with van der Waals surface area (Å²) in [5.41, 5.74) is 1.78. The van der Waals surface area contributed by atoms with E-state index in [-0.39, 0.29) is 41.2 Å². The molecule has 4 aromatic rings. The van der Waals surface area contributed by atoms with Gasteiger partial charge in [-0.3, -0.25) is 9.78 Å². The number of carbonyl (C=O) groups is 1. The van der Waals surface area contributed by atoms with Crippen molar-refractivity contribution in [1.29, 1.82) is 0 Å². The van der Waals surface area contributed by atoms with E-state index in [9.17, 15) is 26.4 Å². The average Bonchev–Trinajstić information content (AvgIpc) is 3.43. The second-order valence-corrected chi connectivity index (χ2v) is 10.8. The van der Waals surface area contributed by atoms with E-state index < -0.39 is 26.7 Å². The maximum Gasteiger partial charge on any atom is 1.00 e. The number of rotatable bonds is 5. The zero-order valence-electron chi connectivity index (χ0n) is 19.7. The standard InChI is InChI=1S/C25H17F3N3O3S2.Na/c1-31-14-17-10-15(6-7-19(17)24(31)32)21-8-9-22(35-21)16-11-18(13-29-12-16)30-36(33,34)23-5-3-2-4-20(23)25(26,27)28;/h2-13H,14H2,1H3;/q-1;+1. The molecule has 0 atom stereocenters. The molecule has 0 aliphatic carbocycles. The van der Waals surface area contributed by atoms with Crippen LogP contribution in [0.3, 0.4) is 0 Å². The van der Waals surface area contributed by atoms with Crippen molar-refractivity contribution < 1.29 is 55.9 Å². The van der Waals surface area contributed by atoms with Crippen LogP contribution in [0.5, 0.6) is 0 Å². The van der Waals surface area contributed by atoms with Crippen molar-refractivity contribution in [3.8, 4) is 20.9 Å². The van der Waals surface area contributed by atoms with Crippen LogP contribution >= 0.6 is 11.3 Å². The van der Waals surface area contributed by atoms with Gasteiger partial charge in [-0.2, -0.15) is 13.2 Å². The third-order valence-corrected chi connectivity index (χ3v) is 8.23. The molecule has 1 amide bonds. The molecule has 1 aliphatic heterocycles. The van der Waals surface area contributed by atoms with Gasteiger partial charge in [0, 0.05) is 46.9 Å². The fraction of sp³-hybridized carbons (Fsp3) is 0.120. The molecule has 0 spiro atoms. The Bertz CT molecular complexity index is 1600. The Labute approximate surface area is 237 Å². The fourth-order valence-corrected chi connectivity index (χ4v) is 6.17. The van der Waals surface area contributed by atoms with Gasteiger partial charge in [0.15, 0.2) is 0 Å². The van der Waals surface area contributed by atoms with Gasteiger partial charge in [-0.25, -0.2) is 8.42 Å².